The first-order valence-electron chi connectivity index (χ1n) is 6.72. The monoisotopic (exact) mass is 294 g/mol. The van der Waals surface area contributed by atoms with Gasteiger partial charge in [-0.3, -0.25) is 0 Å². The van der Waals surface area contributed by atoms with Gasteiger partial charge in [0.15, 0.2) is 5.69 Å². The van der Waals surface area contributed by atoms with Crippen LogP contribution in [0.3, 0.4) is 0 Å². The fourth-order valence-electron chi connectivity index (χ4n) is 2.22. The van der Waals surface area contributed by atoms with Crippen LogP contribution in [-0.2, 0) is 0 Å². The fraction of sp³-hybridized carbons (Fsp3) is 0.0588. The molecule has 1 N–H and O–H groups in total. The van der Waals surface area contributed by atoms with E-state index >= 15 is 0 Å². The van der Waals surface area contributed by atoms with Crippen LogP contribution in [0, 0.1) is 0 Å². The lowest BCUT2D eigenvalue weighted by Gasteiger charge is -2.06. The number of methoxy groups -OCH3 is 1. The minimum absolute atomic E-state index is 0.104. The SMILES string of the molecule is COc1cccc(-n2nc(-c3ccccc3)cc2C(=O)O)c1. The molecule has 0 aliphatic carbocycles. The standard InChI is InChI=1S/C17H14N2O3/c1-22-14-9-5-8-13(10-14)19-16(17(20)21)11-15(18-19)12-6-3-2-4-7-12/h2-11H,1H3,(H,20,21). The maximum atomic E-state index is 11.5. The fourth-order valence-corrected chi connectivity index (χ4v) is 2.22. The number of hydrogen-bond acceptors (Lipinski definition) is 3. The molecule has 0 spiro atoms. The van der Waals surface area contributed by atoms with Gasteiger partial charge in [-0.05, 0) is 18.2 Å². The average molecular weight is 294 g/mol. The Morgan fingerprint density at radius 2 is 1.86 bits per heavy atom. The summed E-state index contributed by atoms with van der Waals surface area (Å²) in [6.07, 6.45) is 0. The van der Waals surface area contributed by atoms with E-state index in [-0.39, 0.29) is 5.69 Å². The number of ether oxygens (including phenoxy) is 1. The predicted octanol–water partition coefficient (Wildman–Crippen LogP) is 3.25. The molecule has 1 heterocycles. The Kier molecular flexibility index (Phi) is 3.62. The maximum absolute atomic E-state index is 11.5. The Balaban J connectivity index is 2.14. The first kappa shape index (κ1) is 13.9. The largest absolute Gasteiger partial charge is 0.497 e. The topological polar surface area (TPSA) is 64.4 Å². The van der Waals surface area contributed by atoms with E-state index in [9.17, 15) is 9.90 Å². The molecule has 0 bridgehead atoms. The maximum Gasteiger partial charge on any atom is 0.354 e. The van der Waals surface area contributed by atoms with Crippen LogP contribution in [0.4, 0.5) is 0 Å². The molecule has 5 heteroatoms. The zero-order chi connectivity index (χ0) is 15.5. The molecule has 3 aromatic rings. The Labute approximate surface area is 127 Å². The normalized spacial score (nSPS) is 10.4. The molecule has 1 aromatic heterocycles. The number of carboxylic acid groups (broad SMARTS) is 1. The third kappa shape index (κ3) is 2.56. The molecule has 0 saturated carbocycles. The number of nitrogens with zero attached hydrogens (tertiary/aromatic N) is 2. The number of aromatic nitrogens is 2. The Morgan fingerprint density at radius 3 is 2.55 bits per heavy atom. The molecule has 0 radical (unpaired) electrons. The molecule has 2 aromatic carbocycles. The van der Waals surface area contributed by atoms with Crippen molar-refractivity contribution >= 4 is 5.97 Å². The highest BCUT2D eigenvalue weighted by atomic mass is 16.5. The number of hydrogen-bond donors (Lipinski definition) is 1. The molecular weight excluding hydrogens is 280 g/mol. The molecule has 0 atom stereocenters. The number of benzene rings is 2. The van der Waals surface area contributed by atoms with Crippen molar-refractivity contribution < 1.29 is 14.6 Å². The van der Waals surface area contributed by atoms with Gasteiger partial charge in [0.25, 0.3) is 0 Å². The van der Waals surface area contributed by atoms with Gasteiger partial charge in [-0.15, -0.1) is 0 Å². The molecule has 0 saturated heterocycles. The Morgan fingerprint density at radius 1 is 1.09 bits per heavy atom. The van der Waals surface area contributed by atoms with Crippen LogP contribution in [0.5, 0.6) is 5.75 Å². The molecule has 0 amide bonds. The first-order valence-corrected chi connectivity index (χ1v) is 6.72. The number of rotatable bonds is 4. The molecule has 110 valence electrons. The van der Waals surface area contributed by atoms with Crippen LogP contribution < -0.4 is 4.74 Å². The van der Waals surface area contributed by atoms with Gasteiger partial charge < -0.3 is 9.84 Å². The minimum atomic E-state index is -1.03. The van der Waals surface area contributed by atoms with Crippen LogP contribution >= 0.6 is 0 Å². The zero-order valence-electron chi connectivity index (χ0n) is 11.9. The van der Waals surface area contributed by atoms with Crippen molar-refractivity contribution in [2.24, 2.45) is 0 Å². The minimum Gasteiger partial charge on any atom is -0.497 e. The molecule has 0 unspecified atom stereocenters. The molecular formula is C17H14N2O3. The van der Waals surface area contributed by atoms with E-state index in [0.717, 1.165) is 5.56 Å². The smallest absolute Gasteiger partial charge is 0.354 e. The second-order valence-electron chi connectivity index (χ2n) is 4.70. The second kappa shape index (κ2) is 5.73. The van der Waals surface area contributed by atoms with Crippen LogP contribution in [-0.4, -0.2) is 28.0 Å². The summed E-state index contributed by atoms with van der Waals surface area (Å²) in [5.74, 6) is -0.386. The molecule has 0 aliphatic heterocycles. The van der Waals surface area contributed by atoms with E-state index in [1.54, 1.807) is 37.4 Å². The van der Waals surface area contributed by atoms with Gasteiger partial charge in [-0.1, -0.05) is 36.4 Å². The van der Waals surface area contributed by atoms with Gasteiger partial charge in [0.05, 0.1) is 18.5 Å². The summed E-state index contributed by atoms with van der Waals surface area (Å²) in [5, 5.41) is 13.8. The lowest BCUT2D eigenvalue weighted by molar-refractivity contribution is 0.0687. The van der Waals surface area contributed by atoms with Gasteiger partial charge in [0, 0.05) is 11.6 Å². The summed E-state index contributed by atoms with van der Waals surface area (Å²) in [7, 11) is 1.57. The van der Waals surface area contributed by atoms with Crippen molar-refractivity contribution in [2.75, 3.05) is 7.11 Å². The molecule has 22 heavy (non-hydrogen) atoms. The third-order valence-electron chi connectivity index (χ3n) is 3.30. The van der Waals surface area contributed by atoms with Crippen molar-refractivity contribution in [3.05, 3.63) is 66.4 Å². The highest BCUT2D eigenvalue weighted by Crippen LogP contribution is 2.23. The molecule has 0 aliphatic rings. The zero-order valence-corrected chi connectivity index (χ0v) is 11.9. The van der Waals surface area contributed by atoms with E-state index < -0.39 is 5.97 Å². The summed E-state index contributed by atoms with van der Waals surface area (Å²) < 4.78 is 6.59. The summed E-state index contributed by atoms with van der Waals surface area (Å²) in [5.41, 5.74) is 2.22. The van der Waals surface area contributed by atoms with E-state index in [1.807, 2.05) is 30.3 Å². The lowest BCUT2D eigenvalue weighted by Crippen LogP contribution is -2.07. The van der Waals surface area contributed by atoms with Gasteiger partial charge >= 0.3 is 5.97 Å². The Hall–Kier alpha value is -3.08. The average Bonchev–Trinajstić information content (AvgIpc) is 3.01. The van der Waals surface area contributed by atoms with Crippen molar-refractivity contribution in [3.63, 3.8) is 0 Å². The van der Waals surface area contributed by atoms with Gasteiger partial charge in [-0.2, -0.15) is 5.10 Å². The number of carboxylic acids is 1. The molecule has 5 nitrogen and oxygen atoms in total. The molecule has 0 fully saturated rings. The van der Waals surface area contributed by atoms with Crippen molar-refractivity contribution in [1.82, 2.24) is 9.78 Å². The summed E-state index contributed by atoms with van der Waals surface area (Å²) in [6, 6.07) is 18.2. The first-order chi connectivity index (χ1) is 10.7. The third-order valence-corrected chi connectivity index (χ3v) is 3.30. The second-order valence-corrected chi connectivity index (χ2v) is 4.70. The van der Waals surface area contributed by atoms with Gasteiger partial charge in [0.2, 0.25) is 0 Å². The van der Waals surface area contributed by atoms with Crippen molar-refractivity contribution in [3.8, 4) is 22.7 Å². The van der Waals surface area contributed by atoms with E-state index in [0.29, 0.717) is 17.1 Å². The van der Waals surface area contributed by atoms with Gasteiger partial charge in [0.1, 0.15) is 5.75 Å². The summed E-state index contributed by atoms with van der Waals surface area (Å²) in [4.78, 5) is 11.5. The Bertz CT molecular complexity index is 810. The van der Waals surface area contributed by atoms with E-state index in [2.05, 4.69) is 5.10 Å². The van der Waals surface area contributed by atoms with Gasteiger partial charge in [-0.25, -0.2) is 9.48 Å². The van der Waals surface area contributed by atoms with E-state index in [1.165, 1.54) is 4.68 Å². The number of carbonyl (C=O) groups is 1. The highest BCUT2D eigenvalue weighted by molar-refractivity contribution is 5.88. The lowest BCUT2D eigenvalue weighted by atomic mass is 10.1. The quantitative estimate of drug-likeness (QED) is 0.802. The van der Waals surface area contributed by atoms with E-state index in [4.69, 9.17) is 4.74 Å². The summed E-state index contributed by atoms with van der Waals surface area (Å²) in [6.45, 7) is 0. The van der Waals surface area contributed by atoms with Crippen LogP contribution in [0.2, 0.25) is 0 Å². The number of aromatic carboxylic acids is 1. The van der Waals surface area contributed by atoms with Crippen LogP contribution in [0.15, 0.2) is 60.7 Å². The van der Waals surface area contributed by atoms with Crippen molar-refractivity contribution in [1.29, 1.82) is 0 Å². The van der Waals surface area contributed by atoms with Crippen LogP contribution in [0.25, 0.3) is 16.9 Å². The summed E-state index contributed by atoms with van der Waals surface area (Å²) >= 11 is 0. The highest BCUT2D eigenvalue weighted by Gasteiger charge is 2.16. The predicted molar refractivity (Wildman–Crippen MR) is 82.5 cm³/mol. The van der Waals surface area contributed by atoms with Crippen LogP contribution in [0.1, 0.15) is 10.5 Å². The van der Waals surface area contributed by atoms with Crippen molar-refractivity contribution in [2.45, 2.75) is 0 Å². The molecule has 3 rings (SSSR count).